The molecule has 0 saturated carbocycles. The minimum absolute atomic E-state index is 0.0444. The van der Waals surface area contributed by atoms with Gasteiger partial charge < -0.3 is 10.3 Å². The Morgan fingerprint density at radius 3 is 2.08 bits per heavy atom. The number of H-pyrrole nitrogens is 1. The summed E-state index contributed by atoms with van der Waals surface area (Å²) >= 11 is 0. The van der Waals surface area contributed by atoms with Gasteiger partial charge in [0.1, 0.15) is 17.6 Å². The van der Waals surface area contributed by atoms with Crippen molar-refractivity contribution in [3.8, 4) is 0 Å². The van der Waals surface area contributed by atoms with Gasteiger partial charge in [0, 0.05) is 0 Å². The Morgan fingerprint density at radius 2 is 1.50 bits per heavy atom. The number of rotatable bonds is 2. The average Bonchev–Trinajstić information content (AvgIpc) is 2.97. The number of imidazole rings is 1. The molecule has 12 heteroatoms. The Labute approximate surface area is 127 Å². The fourth-order valence-corrected chi connectivity index (χ4v) is 1.96. The van der Waals surface area contributed by atoms with Crippen LogP contribution < -0.4 is 5.32 Å². The van der Waals surface area contributed by atoms with E-state index >= 15 is 0 Å². The molecule has 0 fully saturated rings. The van der Waals surface area contributed by atoms with Crippen molar-refractivity contribution in [2.75, 3.05) is 5.32 Å². The van der Waals surface area contributed by atoms with Crippen molar-refractivity contribution < 1.29 is 30.7 Å². The van der Waals surface area contributed by atoms with E-state index in [1.54, 1.807) is 0 Å². The Bertz CT molecular complexity index is 904. The van der Waals surface area contributed by atoms with Gasteiger partial charge in [0.2, 0.25) is 0 Å². The molecule has 0 aliphatic rings. The molecular weight excluding hydrogens is 347 g/mol. The fourth-order valence-electron chi connectivity index (χ4n) is 1.96. The first-order valence-corrected chi connectivity index (χ1v) is 6.06. The lowest BCUT2D eigenvalue weighted by Gasteiger charge is -2.14. The smallest absolute Gasteiger partial charge is 0.333 e. The molecule has 0 unspecified atom stereocenters. The first kappa shape index (κ1) is 16.0. The second-order valence-corrected chi connectivity index (χ2v) is 4.45. The highest BCUT2D eigenvalue weighted by molar-refractivity contribution is 5.84. The van der Waals surface area contributed by atoms with E-state index in [0.717, 1.165) is 12.7 Å². The van der Waals surface area contributed by atoms with Gasteiger partial charge in [-0.3, -0.25) is 0 Å². The Morgan fingerprint density at radius 1 is 0.875 bits per heavy atom. The molecule has 126 valence electrons. The van der Waals surface area contributed by atoms with Crippen LogP contribution in [0.15, 0.2) is 12.7 Å². The molecule has 0 aliphatic carbocycles. The number of benzene rings is 1. The number of alkyl halides is 3. The summed E-state index contributed by atoms with van der Waals surface area (Å²) in [5, 5.41) is 1.90. The van der Waals surface area contributed by atoms with Crippen molar-refractivity contribution in [1.29, 1.82) is 0 Å². The molecule has 0 saturated heterocycles. The summed E-state index contributed by atoms with van der Waals surface area (Å²) in [6, 6.07) is 0. The molecule has 3 rings (SSSR count). The van der Waals surface area contributed by atoms with E-state index in [1.165, 1.54) is 0 Å². The first-order valence-electron chi connectivity index (χ1n) is 6.06. The van der Waals surface area contributed by atoms with Gasteiger partial charge in [-0.1, -0.05) is 0 Å². The van der Waals surface area contributed by atoms with Gasteiger partial charge in [-0.2, -0.15) is 13.2 Å². The van der Waals surface area contributed by atoms with Crippen LogP contribution in [0.5, 0.6) is 0 Å². The highest BCUT2D eigenvalue weighted by atomic mass is 19.4. The van der Waals surface area contributed by atoms with Crippen LogP contribution in [-0.4, -0.2) is 19.9 Å². The summed E-state index contributed by atoms with van der Waals surface area (Å²) in [5.41, 5.74) is -4.05. The third-order valence-corrected chi connectivity index (χ3v) is 3.01. The Hall–Kier alpha value is -2.92. The SMILES string of the molecule is Fc1c(F)c(C(F)(F)F)c(F)c(F)c1Nc1ncnc2[nH]cnc12. The lowest BCUT2D eigenvalue weighted by atomic mass is 10.1. The second-order valence-electron chi connectivity index (χ2n) is 4.45. The molecule has 2 N–H and O–H groups in total. The van der Waals surface area contributed by atoms with Crippen LogP contribution in [0.4, 0.5) is 42.2 Å². The number of hydrogen-bond donors (Lipinski definition) is 2. The molecule has 0 bridgehead atoms. The number of nitrogens with zero attached hydrogens (tertiary/aromatic N) is 3. The van der Waals surface area contributed by atoms with Gasteiger partial charge in [0.05, 0.1) is 6.33 Å². The van der Waals surface area contributed by atoms with Crippen molar-refractivity contribution in [1.82, 2.24) is 19.9 Å². The molecule has 0 aliphatic heterocycles. The molecule has 3 aromatic rings. The van der Waals surface area contributed by atoms with Crippen LogP contribution in [-0.2, 0) is 6.18 Å². The maximum atomic E-state index is 13.8. The molecule has 0 amide bonds. The number of anilines is 2. The standard InChI is InChI=1S/C12H4F7N5/c13-4-3(12(17,18)19)5(14)7(16)8(6(4)15)24-11-9-10(21-1-20-9)22-2-23-11/h1-2H,(H2,20,21,22,23,24). The van der Waals surface area contributed by atoms with E-state index in [9.17, 15) is 30.7 Å². The van der Waals surface area contributed by atoms with Gasteiger partial charge in [-0.05, 0) is 0 Å². The highest BCUT2D eigenvalue weighted by Gasteiger charge is 2.42. The summed E-state index contributed by atoms with van der Waals surface area (Å²) < 4.78 is 92.4. The van der Waals surface area contributed by atoms with Crippen molar-refractivity contribution in [3.05, 3.63) is 41.5 Å². The van der Waals surface area contributed by atoms with E-state index < -0.39 is 40.7 Å². The van der Waals surface area contributed by atoms with Crippen LogP contribution >= 0.6 is 0 Å². The van der Waals surface area contributed by atoms with Crippen LogP contribution in [0, 0.1) is 23.3 Å². The van der Waals surface area contributed by atoms with Crippen molar-refractivity contribution in [3.63, 3.8) is 0 Å². The van der Waals surface area contributed by atoms with Gasteiger partial charge in [-0.15, -0.1) is 0 Å². The van der Waals surface area contributed by atoms with Gasteiger partial charge in [0.25, 0.3) is 0 Å². The molecule has 0 radical (unpaired) electrons. The van der Waals surface area contributed by atoms with Crippen molar-refractivity contribution in [2.45, 2.75) is 6.18 Å². The molecule has 1 aromatic carbocycles. The van der Waals surface area contributed by atoms with Gasteiger partial charge >= 0.3 is 6.18 Å². The predicted octanol–water partition coefficient (Wildman–Crippen LogP) is 3.67. The van der Waals surface area contributed by atoms with Crippen LogP contribution in [0.2, 0.25) is 0 Å². The van der Waals surface area contributed by atoms with Crippen molar-refractivity contribution in [2.24, 2.45) is 0 Å². The lowest BCUT2D eigenvalue weighted by molar-refractivity contribution is -0.143. The lowest BCUT2D eigenvalue weighted by Crippen LogP contribution is -2.16. The number of fused-ring (bicyclic) bond motifs is 1. The molecule has 24 heavy (non-hydrogen) atoms. The monoisotopic (exact) mass is 351 g/mol. The Balaban J connectivity index is 2.18. The van der Waals surface area contributed by atoms with E-state index in [0.29, 0.717) is 0 Å². The zero-order chi connectivity index (χ0) is 17.6. The van der Waals surface area contributed by atoms with Crippen LogP contribution in [0.3, 0.4) is 0 Å². The third-order valence-electron chi connectivity index (χ3n) is 3.01. The topological polar surface area (TPSA) is 66.5 Å². The second kappa shape index (κ2) is 5.32. The van der Waals surface area contributed by atoms with E-state index in [4.69, 9.17) is 0 Å². The summed E-state index contributed by atoms with van der Waals surface area (Å²) in [5.74, 6) is -10.0. The predicted molar refractivity (Wildman–Crippen MR) is 66.2 cm³/mol. The van der Waals surface area contributed by atoms with Crippen LogP contribution in [0.1, 0.15) is 5.56 Å². The molecule has 0 spiro atoms. The quantitative estimate of drug-likeness (QED) is 0.546. The third kappa shape index (κ3) is 2.39. The van der Waals surface area contributed by atoms with Crippen LogP contribution in [0.25, 0.3) is 11.2 Å². The molecule has 2 heterocycles. The molecule has 2 aromatic heterocycles. The zero-order valence-electron chi connectivity index (χ0n) is 11.1. The number of halogens is 7. The van der Waals surface area contributed by atoms with E-state index in [1.807, 2.05) is 5.32 Å². The minimum atomic E-state index is -5.61. The van der Waals surface area contributed by atoms with Gasteiger partial charge in [0.15, 0.2) is 40.3 Å². The zero-order valence-corrected chi connectivity index (χ0v) is 11.1. The number of hydrogen-bond acceptors (Lipinski definition) is 4. The van der Waals surface area contributed by atoms with E-state index in [-0.39, 0.29) is 17.0 Å². The van der Waals surface area contributed by atoms with Gasteiger partial charge in [-0.25, -0.2) is 32.5 Å². The average molecular weight is 351 g/mol. The van der Waals surface area contributed by atoms with Crippen molar-refractivity contribution >= 4 is 22.7 Å². The fraction of sp³-hybridized carbons (Fsp3) is 0.0833. The summed E-state index contributed by atoms with van der Waals surface area (Å²) in [6.45, 7) is 0. The molecular formula is C12H4F7N5. The maximum Gasteiger partial charge on any atom is 0.422 e. The largest absolute Gasteiger partial charge is 0.422 e. The summed E-state index contributed by atoms with van der Waals surface area (Å²) in [6.07, 6.45) is -3.51. The number of aromatic nitrogens is 4. The molecule has 5 nitrogen and oxygen atoms in total. The Kier molecular flexibility index (Phi) is 3.53. The molecule has 0 atom stereocenters. The van der Waals surface area contributed by atoms with E-state index in [2.05, 4.69) is 19.9 Å². The maximum absolute atomic E-state index is 13.8. The summed E-state index contributed by atoms with van der Waals surface area (Å²) in [7, 11) is 0. The summed E-state index contributed by atoms with van der Waals surface area (Å²) in [4.78, 5) is 13.6. The normalized spacial score (nSPS) is 12.0. The number of nitrogens with one attached hydrogen (secondary N) is 2. The first-order chi connectivity index (χ1) is 11.2. The minimum Gasteiger partial charge on any atom is -0.333 e. The number of aromatic amines is 1. The highest BCUT2D eigenvalue weighted by Crippen LogP contribution is 2.39.